The molecule has 1 aliphatic carbocycles. The van der Waals surface area contributed by atoms with Gasteiger partial charge in [0.1, 0.15) is 0 Å². The van der Waals surface area contributed by atoms with Crippen molar-refractivity contribution in [1.82, 2.24) is 4.72 Å². The summed E-state index contributed by atoms with van der Waals surface area (Å²) in [5.41, 5.74) is 5.33. The van der Waals surface area contributed by atoms with Crippen molar-refractivity contribution < 1.29 is 13.6 Å². The standard InChI is InChI=1S/C9H19N3O3S/c1-7(9(10)11-13)12-16(14,15)8-5-3-2-4-6-8/h7-8,12-13H,2-6H2,1H3,(H2,10,11). The number of hydrogen-bond donors (Lipinski definition) is 3. The Bertz CT molecular complexity index is 347. The minimum Gasteiger partial charge on any atom is -0.409 e. The molecule has 0 aromatic heterocycles. The van der Waals surface area contributed by atoms with Gasteiger partial charge in [0.25, 0.3) is 0 Å². The van der Waals surface area contributed by atoms with Crippen LogP contribution >= 0.6 is 0 Å². The van der Waals surface area contributed by atoms with Crippen LogP contribution in [-0.4, -0.2) is 30.8 Å². The van der Waals surface area contributed by atoms with Gasteiger partial charge in [0.2, 0.25) is 10.0 Å². The van der Waals surface area contributed by atoms with E-state index in [2.05, 4.69) is 9.88 Å². The van der Waals surface area contributed by atoms with Gasteiger partial charge in [0.05, 0.1) is 11.3 Å². The fraction of sp³-hybridized carbons (Fsp3) is 0.889. The lowest BCUT2D eigenvalue weighted by atomic mass is 10.0. The second-order valence-electron chi connectivity index (χ2n) is 4.17. The van der Waals surface area contributed by atoms with Crippen molar-refractivity contribution in [2.45, 2.75) is 50.3 Å². The Morgan fingerprint density at radius 1 is 1.44 bits per heavy atom. The van der Waals surface area contributed by atoms with Crippen LogP contribution in [-0.2, 0) is 10.0 Å². The summed E-state index contributed by atoms with van der Waals surface area (Å²) in [6.07, 6.45) is 4.38. The Kier molecular flexibility index (Phi) is 4.55. The van der Waals surface area contributed by atoms with Crippen LogP contribution in [0.25, 0.3) is 0 Å². The molecule has 1 fully saturated rings. The Morgan fingerprint density at radius 3 is 2.50 bits per heavy atom. The molecule has 0 spiro atoms. The summed E-state index contributed by atoms with van der Waals surface area (Å²) < 4.78 is 26.3. The smallest absolute Gasteiger partial charge is 0.215 e. The zero-order chi connectivity index (χ0) is 12.2. The summed E-state index contributed by atoms with van der Waals surface area (Å²) in [5.74, 6) is -0.126. The molecule has 0 radical (unpaired) electrons. The van der Waals surface area contributed by atoms with Crippen molar-refractivity contribution in [3.05, 3.63) is 0 Å². The summed E-state index contributed by atoms with van der Waals surface area (Å²) in [5, 5.41) is 10.9. The van der Waals surface area contributed by atoms with E-state index in [1.807, 2.05) is 0 Å². The monoisotopic (exact) mass is 249 g/mol. The molecule has 0 aromatic carbocycles. The highest BCUT2D eigenvalue weighted by Crippen LogP contribution is 2.23. The Labute approximate surface area is 95.9 Å². The fourth-order valence-electron chi connectivity index (χ4n) is 1.87. The van der Waals surface area contributed by atoms with Crippen molar-refractivity contribution in [1.29, 1.82) is 0 Å². The third kappa shape index (κ3) is 3.34. The molecule has 0 aliphatic heterocycles. The molecule has 1 rings (SSSR count). The van der Waals surface area contributed by atoms with Gasteiger partial charge in [-0.15, -0.1) is 0 Å². The maximum absolute atomic E-state index is 11.9. The van der Waals surface area contributed by atoms with Crippen LogP contribution < -0.4 is 10.5 Å². The van der Waals surface area contributed by atoms with E-state index in [1.54, 1.807) is 6.92 Å². The fourth-order valence-corrected chi connectivity index (χ4v) is 3.62. The molecule has 0 aromatic rings. The first-order valence-electron chi connectivity index (χ1n) is 5.46. The topological polar surface area (TPSA) is 105 Å². The lowest BCUT2D eigenvalue weighted by Gasteiger charge is -2.23. The molecule has 6 nitrogen and oxygen atoms in total. The lowest BCUT2D eigenvalue weighted by molar-refractivity contribution is 0.316. The molecular weight excluding hydrogens is 230 g/mol. The van der Waals surface area contributed by atoms with Crippen LogP contribution in [0.4, 0.5) is 0 Å². The summed E-state index contributed by atoms with van der Waals surface area (Å²) >= 11 is 0. The predicted octanol–water partition coefficient (Wildman–Crippen LogP) is 0.373. The van der Waals surface area contributed by atoms with Crippen LogP contribution in [0.1, 0.15) is 39.0 Å². The van der Waals surface area contributed by atoms with Crippen molar-refractivity contribution in [2.24, 2.45) is 10.9 Å². The quantitative estimate of drug-likeness (QED) is 0.290. The van der Waals surface area contributed by atoms with Gasteiger partial charge in [0, 0.05) is 0 Å². The van der Waals surface area contributed by atoms with Gasteiger partial charge in [-0.05, 0) is 19.8 Å². The van der Waals surface area contributed by atoms with Crippen LogP contribution in [0.2, 0.25) is 0 Å². The minimum absolute atomic E-state index is 0.126. The molecule has 7 heteroatoms. The molecule has 0 amide bonds. The number of nitrogens with two attached hydrogens (primary N) is 1. The van der Waals surface area contributed by atoms with Crippen LogP contribution in [0, 0.1) is 0 Å². The molecule has 4 N–H and O–H groups in total. The van der Waals surface area contributed by atoms with Gasteiger partial charge < -0.3 is 10.9 Å². The normalized spacial score (nSPS) is 21.9. The lowest BCUT2D eigenvalue weighted by Crippen LogP contribution is -2.46. The molecule has 16 heavy (non-hydrogen) atoms. The highest BCUT2D eigenvalue weighted by atomic mass is 32.2. The maximum Gasteiger partial charge on any atom is 0.215 e. The molecule has 1 atom stereocenters. The van der Waals surface area contributed by atoms with Gasteiger partial charge in [-0.1, -0.05) is 24.4 Å². The average Bonchev–Trinajstić information content (AvgIpc) is 2.28. The number of oxime groups is 1. The second kappa shape index (κ2) is 5.49. The zero-order valence-corrected chi connectivity index (χ0v) is 10.2. The van der Waals surface area contributed by atoms with E-state index in [4.69, 9.17) is 10.9 Å². The maximum atomic E-state index is 11.9. The van der Waals surface area contributed by atoms with E-state index in [1.165, 1.54) is 0 Å². The van der Waals surface area contributed by atoms with Crippen molar-refractivity contribution in [3.8, 4) is 0 Å². The van der Waals surface area contributed by atoms with Gasteiger partial charge in [0.15, 0.2) is 5.84 Å². The summed E-state index contributed by atoms with van der Waals surface area (Å²) in [6, 6.07) is -0.670. The third-order valence-electron chi connectivity index (χ3n) is 2.89. The first-order valence-corrected chi connectivity index (χ1v) is 7.00. The summed E-state index contributed by atoms with van der Waals surface area (Å²) in [7, 11) is -3.36. The van der Waals surface area contributed by atoms with Crippen molar-refractivity contribution in [3.63, 3.8) is 0 Å². The van der Waals surface area contributed by atoms with Crippen LogP contribution in [0.5, 0.6) is 0 Å². The number of rotatable bonds is 4. The van der Waals surface area contributed by atoms with Crippen molar-refractivity contribution >= 4 is 15.9 Å². The van der Waals surface area contributed by atoms with E-state index in [0.717, 1.165) is 19.3 Å². The molecule has 1 saturated carbocycles. The number of nitrogens with zero attached hydrogens (tertiary/aromatic N) is 1. The van der Waals surface area contributed by atoms with E-state index < -0.39 is 16.1 Å². The average molecular weight is 249 g/mol. The van der Waals surface area contributed by atoms with Gasteiger partial charge >= 0.3 is 0 Å². The Hall–Kier alpha value is -0.820. The molecule has 0 saturated heterocycles. The van der Waals surface area contributed by atoms with Gasteiger partial charge in [-0.3, -0.25) is 0 Å². The number of sulfonamides is 1. The molecule has 0 bridgehead atoms. The zero-order valence-electron chi connectivity index (χ0n) is 9.39. The third-order valence-corrected chi connectivity index (χ3v) is 4.92. The van der Waals surface area contributed by atoms with Crippen LogP contribution in [0.15, 0.2) is 5.16 Å². The first kappa shape index (κ1) is 13.2. The second-order valence-corrected chi connectivity index (χ2v) is 6.16. The van der Waals surface area contributed by atoms with Crippen molar-refractivity contribution in [2.75, 3.05) is 0 Å². The largest absolute Gasteiger partial charge is 0.409 e. The summed E-state index contributed by atoms with van der Waals surface area (Å²) in [4.78, 5) is 0. The number of nitrogens with one attached hydrogen (secondary N) is 1. The number of amidine groups is 1. The molecule has 0 heterocycles. The molecule has 94 valence electrons. The Morgan fingerprint density at radius 2 is 2.00 bits per heavy atom. The molecular formula is C9H19N3O3S. The Balaban J connectivity index is 2.63. The SMILES string of the molecule is CC(NS(=O)(=O)C1CCCCC1)/C(N)=N/O. The summed E-state index contributed by atoms with van der Waals surface area (Å²) in [6.45, 7) is 1.55. The van der Waals surface area contributed by atoms with E-state index in [9.17, 15) is 8.42 Å². The predicted molar refractivity (Wildman–Crippen MR) is 61.8 cm³/mol. The van der Waals surface area contributed by atoms with E-state index in [-0.39, 0.29) is 11.1 Å². The van der Waals surface area contributed by atoms with Gasteiger partial charge in [-0.25, -0.2) is 13.1 Å². The van der Waals surface area contributed by atoms with E-state index in [0.29, 0.717) is 12.8 Å². The highest BCUT2D eigenvalue weighted by molar-refractivity contribution is 7.90. The number of hydrogen-bond acceptors (Lipinski definition) is 4. The molecule has 1 aliphatic rings. The minimum atomic E-state index is -3.36. The first-order chi connectivity index (χ1) is 7.47. The molecule has 1 unspecified atom stereocenters. The highest BCUT2D eigenvalue weighted by Gasteiger charge is 2.29. The van der Waals surface area contributed by atoms with Gasteiger partial charge in [-0.2, -0.15) is 0 Å². The van der Waals surface area contributed by atoms with E-state index >= 15 is 0 Å². The van der Waals surface area contributed by atoms with Crippen LogP contribution in [0.3, 0.4) is 0 Å².